The second-order valence-corrected chi connectivity index (χ2v) is 10.1. The Hall–Kier alpha value is -1.97. The molecule has 2 aliphatic heterocycles. The third kappa shape index (κ3) is 4.06. The summed E-state index contributed by atoms with van der Waals surface area (Å²) in [6.07, 6.45) is 1.60. The molecule has 0 unspecified atom stereocenters. The number of nitrogens with zero attached hydrogens (tertiary/aromatic N) is 2. The van der Waals surface area contributed by atoms with Gasteiger partial charge in [-0.2, -0.15) is 0 Å². The Bertz CT molecular complexity index is 789. The van der Waals surface area contributed by atoms with Crippen molar-refractivity contribution in [1.82, 2.24) is 0 Å². The molecular weight excluding hydrogens is 384 g/mol. The summed E-state index contributed by atoms with van der Waals surface area (Å²) >= 11 is 0. The van der Waals surface area contributed by atoms with E-state index in [9.17, 15) is 18.7 Å². The van der Waals surface area contributed by atoms with Crippen LogP contribution >= 0.6 is 10.8 Å². The van der Waals surface area contributed by atoms with Gasteiger partial charge in [-0.1, -0.05) is 0 Å². The summed E-state index contributed by atoms with van der Waals surface area (Å²) in [5, 5.41) is 0. The van der Waals surface area contributed by atoms with Gasteiger partial charge in [-0.3, -0.25) is 18.3 Å². The van der Waals surface area contributed by atoms with Gasteiger partial charge in [0.05, 0.1) is 29.8 Å². The van der Waals surface area contributed by atoms with Crippen LogP contribution in [0, 0.1) is 0 Å². The molecule has 28 heavy (non-hydrogen) atoms. The quantitative estimate of drug-likeness (QED) is 0.707. The van der Waals surface area contributed by atoms with Crippen molar-refractivity contribution in [2.45, 2.75) is 45.6 Å². The van der Waals surface area contributed by atoms with Crippen LogP contribution in [-0.4, -0.2) is 52.7 Å². The second kappa shape index (κ2) is 7.46. The van der Waals surface area contributed by atoms with Crippen molar-refractivity contribution in [1.29, 1.82) is 0 Å². The van der Waals surface area contributed by atoms with Gasteiger partial charge in [0.15, 0.2) is 0 Å². The van der Waals surface area contributed by atoms with Gasteiger partial charge >= 0.3 is 12.1 Å². The van der Waals surface area contributed by atoms with Crippen molar-refractivity contribution in [3.05, 3.63) is 23.3 Å². The van der Waals surface area contributed by atoms with Crippen molar-refractivity contribution in [2.24, 2.45) is 0 Å². The molecule has 0 aromatic heterocycles. The maximum absolute atomic E-state index is 12.7. The van der Waals surface area contributed by atoms with E-state index in [1.54, 1.807) is 37.2 Å². The maximum Gasteiger partial charge on any atom is 0.414 e. The Morgan fingerprint density at radius 3 is 2.39 bits per heavy atom. The standard InChI is InChI=1S/C19H28N2O6S/c1-19(2,3)27-18(23)20-9-7-14-15(20)11-13(17(22)26-4)12-16(14)21-8-5-6-10-28(21,24)25/h11-12,24-25H,5-10H2,1-4H3. The highest BCUT2D eigenvalue weighted by Gasteiger charge is 2.36. The average molecular weight is 413 g/mol. The van der Waals surface area contributed by atoms with Crippen LogP contribution in [0.4, 0.5) is 16.2 Å². The third-order valence-electron chi connectivity index (χ3n) is 4.77. The van der Waals surface area contributed by atoms with Gasteiger partial charge in [0.2, 0.25) is 0 Å². The Kier molecular flexibility index (Phi) is 5.53. The highest BCUT2D eigenvalue weighted by Crippen LogP contribution is 2.52. The van der Waals surface area contributed by atoms with Crippen molar-refractivity contribution in [3.63, 3.8) is 0 Å². The van der Waals surface area contributed by atoms with E-state index in [0.29, 0.717) is 36.6 Å². The van der Waals surface area contributed by atoms with Gasteiger partial charge in [-0.15, -0.1) is 10.8 Å². The molecule has 9 heteroatoms. The Morgan fingerprint density at radius 1 is 1.11 bits per heavy atom. The summed E-state index contributed by atoms with van der Waals surface area (Å²) < 4.78 is 33.1. The highest BCUT2D eigenvalue weighted by atomic mass is 32.3. The SMILES string of the molecule is COC(=O)c1cc2c(c(N3CCCCS3(O)O)c1)CCN2C(=O)OC(C)(C)C. The molecule has 1 saturated heterocycles. The van der Waals surface area contributed by atoms with Gasteiger partial charge in [0.25, 0.3) is 0 Å². The van der Waals surface area contributed by atoms with Crippen LogP contribution in [0.5, 0.6) is 0 Å². The molecule has 156 valence electrons. The molecule has 0 atom stereocenters. The first kappa shape index (κ1) is 20.8. The molecule has 1 amide bonds. The Labute approximate surface area is 166 Å². The van der Waals surface area contributed by atoms with Crippen molar-refractivity contribution in [3.8, 4) is 0 Å². The van der Waals surface area contributed by atoms with E-state index >= 15 is 0 Å². The summed E-state index contributed by atoms with van der Waals surface area (Å²) in [7, 11) is -1.68. The Morgan fingerprint density at radius 2 is 1.79 bits per heavy atom. The Balaban J connectivity index is 2.07. The number of carbonyl (C=O) groups excluding carboxylic acids is 2. The average Bonchev–Trinajstić information content (AvgIpc) is 3.02. The van der Waals surface area contributed by atoms with Crippen molar-refractivity contribution < 1.29 is 28.2 Å². The fourth-order valence-electron chi connectivity index (χ4n) is 3.53. The molecule has 2 aliphatic rings. The second-order valence-electron chi connectivity index (χ2n) is 8.01. The summed E-state index contributed by atoms with van der Waals surface area (Å²) in [5.41, 5.74) is 1.54. The van der Waals surface area contributed by atoms with Crippen LogP contribution in [-0.2, 0) is 15.9 Å². The smallest absolute Gasteiger partial charge is 0.414 e. The molecule has 0 saturated carbocycles. The number of methoxy groups -OCH3 is 1. The fourth-order valence-corrected chi connectivity index (χ4v) is 5.24. The first-order valence-corrected chi connectivity index (χ1v) is 11.0. The molecular formula is C19H28N2O6S. The zero-order valence-electron chi connectivity index (χ0n) is 16.7. The molecule has 2 N–H and O–H groups in total. The number of benzene rings is 1. The van der Waals surface area contributed by atoms with E-state index in [1.165, 1.54) is 12.0 Å². The lowest BCUT2D eigenvalue weighted by Gasteiger charge is -2.48. The topological polar surface area (TPSA) is 99.5 Å². The zero-order chi connectivity index (χ0) is 20.7. The lowest BCUT2D eigenvalue weighted by atomic mass is 10.1. The minimum atomic E-state index is -2.97. The lowest BCUT2D eigenvalue weighted by molar-refractivity contribution is 0.0576. The van der Waals surface area contributed by atoms with Crippen LogP contribution in [0.25, 0.3) is 0 Å². The number of hydrogen-bond acceptors (Lipinski definition) is 7. The van der Waals surface area contributed by atoms with Gasteiger partial charge in [-0.05, 0) is 52.2 Å². The van der Waals surface area contributed by atoms with Crippen LogP contribution < -0.4 is 9.21 Å². The molecule has 3 rings (SSSR count). The first-order chi connectivity index (χ1) is 13.0. The van der Waals surface area contributed by atoms with Gasteiger partial charge in [0.1, 0.15) is 5.60 Å². The third-order valence-corrected chi connectivity index (χ3v) is 6.69. The summed E-state index contributed by atoms with van der Waals surface area (Å²) in [6.45, 7) is 6.25. The number of rotatable bonds is 2. The van der Waals surface area contributed by atoms with E-state index in [4.69, 9.17) is 9.47 Å². The van der Waals surface area contributed by atoms with Crippen molar-refractivity contribution in [2.75, 3.05) is 35.2 Å². The van der Waals surface area contributed by atoms with E-state index in [2.05, 4.69) is 0 Å². The number of hydrogen-bond donors (Lipinski definition) is 2. The van der Waals surface area contributed by atoms with E-state index in [0.717, 1.165) is 18.4 Å². The van der Waals surface area contributed by atoms with E-state index in [1.807, 2.05) is 0 Å². The predicted molar refractivity (Wildman–Crippen MR) is 109 cm³/mol. The van der Waals surface area contributed by atoms with Gasteiger partial charge < -0.3 is 9.47 Å². The molecule has 0 spiro atoms. The molecule has 2 heterocycles. The number of esters is 1. The molecule has 8 nitrogen and oxygen atoms in total. The van der Waals surface area contributed by atoms with E-state index < -0.39 is 28.4 Å². The van der Waals surface area contributed by atoms with E-state index in [-0.39, 0.29) is 5.56 Å². The number of fused-ring (bicyclic) bond motifs is 1. The maximum atomic E-state index is 12.7. The number of carbonyl (C=O) groups is 2. The summed E-state index contributed by atoms with van der Waals surface area (Å²) in [5.74, 6) is -0.256. The molecule has 1 aromatic carbocycles. The molecule has 0 bridgehead atoms. The molecule has 1 fully saturated rings. The minimum absolute atomic E-state index is 0.257. The predicted octanol–water partition coefficient (Wildman–Crippen LogP) is 4.04. The number of amides is 1. The number of anilines is 2. The summed E-state index contributed by atoms with van der Waals surface area (Å²) in [4.78, 5) is 26.4. The minimum Gasteiger partial charge on any atom is -0.465 e. The van der Waals surface area contributed by atoms with Crippen LogP contribution in [0.3, 0.4) is 0 Å². The van der Waals surface area contributed by atoms with Crippen molar-refractivity contribution >= 4 is 34.2 Å². The highest BCUT2D eigenvalue weighted by molar-refractivity contribution is 8.25. The van der Waals surface area contributed by atoms with Crippen LogP contribution in [0.1, 0.15) is 49.5 Å². The van der Waals surface area contributed by atoms with Gasteiger partial charge in [0, 0.05) is 18.7 Å². The normalized spacial score (nSPS) is 19.8. The van der Waals surface area contributed by atoms with Crippen LogP contribution in [0.2, 0.25) is 0 Å². The molecule has 0 radical (unpaired) electrons. The lowest BCUT2D eigenvalue weighted by Crippen LogP contribution is -2.36. The fraction of sp³-hybridized carbons (Fsp3) is 0.579. The molecule has 0 aliphatic carbocycles. The zero-order valence-corrected chi connectivity index (χ0v) is 17.5. The summed E-state index contributed by atoms with van der Waals surface area (Å²) in [6, 6.07) is 3.24. The molecule has 1 aromatic rings. The number of ether oxygens (including phenoxy) is 2. The first-order valence-electron chi connectivity index (χ1n) is 9.33. The largest absolute Gasteiger partial charge is 0.465 e. The van der Waals surface area contributed by atoms with Gasteiger partial charge in [-0.25, -0.2) is 9.59 Å². The van der Waals surface area contributed by atoms with Crippen LogP contribution in [0.15, 0.2) is 12.1 Å². The monoisotopic (exact) mass is 412 g/mol.